The third-order valence-electron chi connectivity index (χ3n) is 7.66. The highest BCUT2D eigenvalue weighted by molar-refractivity contribution is 5.75. The highest BCUT2D eigenvalue weighted by Crippen LogP contribution is 2.72. The van der Waals surface area contributed by atoms with Crippen molar-refractivity contribution in [1.29, 1.82) is 0 Å². The second-order valence-corrected chi connectivity index (χ2v) is 8.13. The number of rotatable bonds is 7. The lowest BCUT2D eigenvalue weighted by Crippen LogP contribution is -2.66. The van der Waals surface area contributed by atoms with E-state index in [1.807, 2.05) is 6.92 Å². The topological polar surface area (TPSA) is 55.6 Å². The number of nitrogens with two attached hydrogens (primary N) is 1. The summed E-state index contributed by atoms with van der Waals surface area (Å²) < 4.78 is 5.45. The van der Waals surface area contributed by atoms with E-state index in [0.29, 0.717) is 19.1 Å². The van der Waals surface area contributed by atoms with Crippen molar-refractivity contribution in [3.63, 3.8) is 0 Å². The average Bonchev–Trinajstić information content (AvgIpc) is 2.82. The summed E-state index contributed by atoms with van der Waals surface area (Å²) in [5, 5.41) is 0. The Labute approximate surface area is 142 Å². The molecule has 0 spiro atoms. The summed E-state index contributed by atoms with van der Waals surface area (Å²) in [5.74, 6) is 0.319. The smallest absolute Gasteiger partial charge is 0.312 e. The molecule has 2 bridgehead atoms. The van der Waals surface area contributed by atoms with E-state index in [-0.39, 0.29) is 28.3 Å². The molecule has 2 aliphatic carbocycles. The maximum Gasteiger partial charge on any atom is 0.312 e. The van der Waals surface area contributed by atoms with Gasteiger partial charge in [0.1, 0.15) is 0 Å². The third-order valence-corrected chi connectivity index (χ3v) is 7.66. The van der Waals surface area contributed by atoms with Gasteiger partial charge < -0.3 is 10.5 Å². The van der Waals surface area contributed by atoms with Crippen LogP contribution in [0, 0.1) is 22.7 Å². The van der Waals surface area contributed by atoms with Crippen molar-refractivity contribution in [3.05, 3.63) is 0 Å². The summed E-state index contributed by atoms with van der Waals surface area (Å²) in [5.41, 5.74) is 6.31. The van der Waals surface area contributed by atoms with E-state index in [1.165, 1.54) is 12.8 Å². The van der Waals surface area contributed by atoms with Crippen molar-refractivity contribution in [2.45, 2.75) is 66.3 Å². The van der Waals surface area contributed by atoms with E-state index in [1.54, 1.807) is 0 Å². The summed E-state index contributed by atoms with van der Waals surface area (Å²) in [7, 11) is 0. The molecule has 0 saturated heterocycles. The summed E-state index contributed by atoms with van der Waals surface area (Å²) in [6, 6.07) is 0. The van der Waals surface area contributed by atoms with Crippen molar-refractivity contribution < 1.29 is 9.53 Å². The van der Waals surface area contributed by atoms with Gasteiger partial charge in [-0.1, -0.05) is 34.6 Å². The Kier molecular flexibility index (Phi) is 5.18. The van der Waals surface area contributed by atoms with Crippen LogP contribution in [0.15, 0.2) is 0 Å². The van der Waals surface area contributed by atoms with Crippen LogP contribution in [0.1, 0.15) is 60.8 Å². The van der Waals surface area contributed by atoms with Gasteiger partial charge in [-0.05, 0) is 56.0 Å². The van der Waals surface area contributed by atoms with Crippen LogP contribution in [0.25, 0.3) is 0 Å². The van der Waals surface area contributed by atoms with E-state index in [0.717, 1.165) is 19.5 Å². The molecule has 2 aliphatic rings. The Morgan fingerprint density at radius 3 is 2.22 bits per heavy atom. The molecule has 4 heteroatoms. The molecule has 0 aromatic carbocycles. The normalized spacial score (nSPS) is 36.4. The van der Waals surface area contributed by atoms with Gasteiger partial charge in [0.25, 0.3) is 0 Å². The number of carbonyl (C=O) groups excluding carboxylic acids is 1. The van der Waals surface area contributed by atoms with Crippen LogP contribution in [0.5, 0.6) is 0 Å². The van der Waals surface area contributed by atoms with Crippen LogP contribution in [0.2, 0.25) is 0 Å². The first-order valence-corrected chi connectivity index (χ1v) is 9.38. The summed E-state index contributed by atoms with van der Waals surface area (Å²) in [4.78, 5) is 15.3. The van der Waals surface area contributed by atoms with Gasteiger partial charge in [-0.2, -0.15) is 0 Å². The van der Waals surface area contributed by atoms with E-state index >= 15 is 0 Å². The fourth-order valence-electron chi connectivity index (χ4n) is 6.07. The number of ether oxygens (including phenoxy) is 1. The number of hydrogen-bond acceptors (Lipinski definition) is 4. The molecular weight excluding hydrogens is 288 g/mol. The Morgan fingerprint density at radius 1 is 1.26 bits per heavy atom. The number of esters is 1. The number of fused-ring (bicyclic) bond motifs is 2. The molecule has 2 saturated carbocycles. The first-order valence-electron chi connectivity index (χ1n) is 9.38. The molecular formula is C19H36N2O2. The third kappa shape index (κ3) is 2.28. The minimum atomic E-state index is -0.239. The standard InChI is InChI=1S/C19H36N2O2/c1-7-21(8-2)19(15(13-20)16(22)23-9-3)12-14-10-11-18(19,6)17(14,4)5/h14-15H,7-13,20H2,1-6H3/t14-,15+,18+,19+/m1/s1. The predicted molar refractivity (Wildman–Crippen MR) is 94.1 cm³/mol. The molecule has 0 amide bonds. The monoisotopic (exact) mass is 324 g/mol. The lowest BCUT2D eigenvalue weighted by molar-refractivity contribution is -0.162. The van der Waals surface area contributed by atoms with Crippen LogP contribution in [0.4, 0.5) is 0 Å². The molecule has 4 nitrogen and oxygen atoms in total. The fourth-order valence-corrected chi connectivity index (χ4v) is 6.07. The number of nitrogens with zero attached hydrogens (tertiary/aromatic N) is 1. The molecule has 2 fully saturated rings. The van der Waals surface area contributed by atoms with E-state index < -0.39 is 0 Å². The molecule has 2 rings (SSSR count). The van der Waals surface area contributed by atoms with Crippen LogP contribution in [0.3, 0.4) is 0 Å². The van der Waals surface area contributed by atoms with Crippen LogP contribution in [-0.4, -0.2) is 42.6 Å². The van der Waals surface area contributed by atoms with Crippen molar-refractivity contribution in [1.82, 2.24) is 4.90 Å². The molecule has 0 aromatic rings. The molecule has 23 heavy (non-hydrogen) atoms. The van der Waals surface area contributed by atoms with Gasteiger partial charge in [0.2, 0.25) is 0 Å². The fraction of sp³-hybridized carbons (Fsp3) is 0.947. The molecule has 0 unspecified atom stereocenters. The molecule has 134 valence electrons. The first kappa shape index (κ1) is 18.7. The van der Waals surface area contributed by atoms with Crippen molar-refractivity contribution in [2.75, 3.05) is 26.2 Å². The average molecular weight is 325 g/mol. The Morgan fingerprint density at radius 2 is 1.87 bits per heavy atom. The largest absolute Gasteiger partial charge is 0.466 e. The molecule has 0 heterocycles. The second kappa shape index (κ2) is 6.36. The zero-order valence-corrected chi connectivity index (χ0v) is 15.9. The number of hydrogen-bond donors (Lipinski definition) is 1. The highest BCUT2D eigenvalue weighted by Gasteiger charge is 2.72. The van der Waals surface area contributed by atoms with E-state index in [4.69, 9.17) is 10.5 Å². The maximum absolute atomic E-state index is 12.8. The lowest BCUT2D eigenvalue weighted by Gasteiger charge is -2.57. The van der Waals surface area contributed by atoms with E-state index in [2.05, 4.69) is 39.5 Å². The minimum absolute atomic E-state index is 0.0908. The van der Waals surface area contributed by atoms with Crippen LogP contribution in [-0.2, 0) is 9.53 Å². The molecule has 0 aliphatic heterocycles. The minimum Gasteiger partial charge on any atom is -0.466 e. The maximum atomic E-state index is 12.8. The Hall–Kier alpha value is -0.610. The van der Waals surface area contributed by atoms with Gasteiger partial charge in [-0.3, -0.25) is 9.69 Å². The van der Waals surface area contributed by atoms with Gasteiger partial charge >= 0.3 is 5.97 Å². The van der Waals surface area contributed by atoms with Gasteiger partial charge in [0.05, 0.1) is 12.5 Å². The zero-order chi connectivity index (χ0) is 17.5. The van der Waals surface area contributed by atoms with Crippen molar-refractivity contribution in [3.8, 4) is 0 Å². The lowest BCUT2D eigenvalue weighted by atomic mass is 9.57. The molecule has 0 aromatic heterocycles. The Bertz CT molecular complexity index is 447. The molecule has 2 N–H and O–H groups in total. The zero-order valence-electron chi connectivity index (χ0n) is 15.9. The van der Waals surface area contributed by atoms with Crippen molar-refractivity contribution >= 4 is 5.97 Å². The van der Waals surface area contributed by atoms with Gasteiger partial charge in [0.15, 0.2) is 0 Å². The molecule has 0 radical (unpaired) electrons. The van der Waals surface area contributed by atoms with Gasteiger partial charge in [-0.15, -0.1) is 0 Å². The quantitative estimate of drug-likeness (QED) is 0.731. The Balaban J connectivity index is 2.57. The summed E-state index contributed by atoms with van der Waals surface area (Å²) >= 11 is 0. The van der Waals surface area contributed by atoms with Crippen molar-refractivity contribution in [2.24, 2.45) is 28.4 Å². The van der Waals surface area contributed by atoms with Gasteiger partial charge in [-0.25, -0.2) is 0 Å². The predicted octanol–water partition coefficient (Wildman–Crippen LogP) is 3.05. The highest BCUT2D eigenvalue weighted by atomic mass is 16.5. The van der Waals surface area contributed by atoms with E-state index in [9.17, 15) is 4.79 Å². The van der Waals surface area contributed by atoms with Gasteiger partial charge in [0, 0.05) is 12.1 Å². The van der Waals surface area contributed by atoms with Crippen LogP contribution < -0.4 is 5.73 Å². The second-order valence-electron chi connectivity index (χ2n) is 8.13. The van der Waals surface area contributed by atoms with Crippen LogP contribution >= 0.6 is 0 Å². The SMILES string of the molecule is CCOC(=O)[C@H](CN)[C@@]1(N(CC)CC)C[C@H]2CC[C@@]1(C)C2(C)C. The summed E-state index contributed by atoms with van der Waals surface area (Å²) in [6.07, 6.45) is 3.52. The number of carbonyl (C=O) groups is 1. The summed E-state index contributed by atoms with van der Waals surface area (Å²) in [6.45, 7) is 16.2. The first-order chi connectivity index (χ1) is 10.8. The molecule has 4 atom stereocenters.